The van der Waals surface area contributed by atoms with Crippen LogP contribution in [0.4, 0.5) is 0 Å². The predicted molar refractivity (Wildman–Crippen MR) is 104 cm³/mol. The molecule has 2 nitrogen and oxygen atoms in total. The fraction of sp³-hybridized carbons (Fsp3) is 0.478. The molecule has 1 heterocycles. The van der Waals surface area contributed by atoms with Gasteiger partial charge in [0.15, 0.2) is 0 Å². The quantitative estimate of drug-likeness (QED) is 0.779. The Morgan fingerprint density at radius 3 is 1.68 bits per heavy atom. The summed E-state index contributed by atoms with van der Waals surface area (Å²) in [6.07, 6.45) is 3.04. The number of hydrogen-bond donors (Lipinski definition) is 2. The second-order valence-corrected chi connectivity index (χ2v) is 7.62. The van der Waals surface area contributed by atoms with Gasteiger partial charge in [-0.3, -0.25) is 0 Å². The first kappa shape index (κ1) is 18.2. The molecule has 1 aliphatic heterocycles. The summed E-state index contributed by atoms with van der Waals surface area (Å²) in [4.78, 5) is 0. The third-order valence-electron chi connectivity index (χ3n) is 6.18. The molecule has 0 spiro atoms. The molecule has 134 valence electrons. The maximum absolute atomic E-state index is 11.8. The first-order chi connectivity index (χ1) is 12.1. The van der Waals surface area contributed by atoms with E-state index in [4.69, 9.17) is 0 Å². The third-order valence-corrected chi connectivity index (χ3v) is 6.18. The SMILES string of the molecule is CCCCC1(O)[C@@H](C)[C@@H](c2ccccc2)N[C@@H](c2ccccc2)[C@@H]1C. The minimum Gasteiger partial charge on any atom is -0.389 e. The van der Waals surface area contributed by atoms with Gasteiger partial charge in [-0.05, 0) is 17.5 Å². The van der Waals surface area contributed by atoms with Gasteiger partial charge in [0.2, 0.25) is 0 Å². The van der Waals surface area contributed by atoms with Crippen LogP contribution in [0.3, 0.4) is 0 Å². The predicted octanol–water partition coefficient (Wildman–Crippen LogP) is 5.27. The van der Waals surface area contributed by atoms with Gasteiger partial charge in [0.1, 0.15) is 0 Å². The normalized spacial score (nSPS) is 32.5. The lowest BCUT2D eigenvalue weighted by atomic mass is 9.64. The van der Waals surface area contributed by atoms with Crippen LogP contribution in [0.2, 0.25) is 0 Å². The molecule has 0 saturated carbocycles. The van der Waals surface area contributed by atoms with Crippen molar-refractivity contribution in [3.8, 4) is 0 Å². The van der Waals surface area contributed by atoms with E-state index in [9.17, 15) is 5.11 Å². The Kier molecular flexibility index (Phi) is 5.61. The van der Waals surface area contributed by atoms with E-state index in [1.807, 2.05) is 0 Å². The highest BCUT2D eigenvalue weighted by atomic mass is 16.3. The van der Waals surface area contributed by atoms with Crippen molar-refractivity contribution < 1.29 is 5.11 Å². The van der Waals surface area contributed by atoms with Crippen molar-refractivity contribution in [1.29, 1.82) is 0 Å². The van der Waals surface area contributed by atoms with Crippen LogP contribution in [0.1, 0.15) is 63.2 Å². The van der Waals surface area contributed by atoms with E-state index in [0.717, 1.165) is 19.3 Å². The molecule has 0 radical (unpaired) electrons. The number of unbranched alkanes of at least 4 members (excludes halogenated alkanes) is 1. The van der Waals surface area contributed by atoms with Gasteiger partial charge in [0.05, 0.1) is 5.60 Å². The smallest absolute Gasteiger partial charge is 0.0734 e. The number of aliphatic hydroxyl groups is 1. The van der Waals surface area contributed by atoms with Crippen molar-refractivity contribution in [3.63, 3.8) is 0 Å². The van der Waals surface area contributed by atoms with E-state index in [-0.39, 0.29) is 23.9 Å². The molecule has 0 aliphatic carbocycles. The number of benzene rings is 2. The van der Waals surface area contributed by atoms with Gasteiger partial charge in [-0.15, -0.1) is 0 Å². The van der Waals surface area contributed by atoms with Crippen LogP contribution in [0.5, 0.6) is 0 Å². The van der Waals surface area contributed by atoms with Crippen LogP contribution in [0.15, 0.2) is 60.7 Å². The standard InChI is InChI=1S/C23H31NO/c1-4-5-16-23(25)17(2)21(19-12-8-6-9-13-19)24-22(18(23)3)20-14-10-7-11-15-20/h6-15,17-18,21-22,24-25H,4-5,16H2,1-3H3/t17-,18-,21-,22+,23?/m0/s1. The summed E-state index contributed by atoms with van der Waals surface area (Å²) in [7, 11) is 0. The van der Waals surface area contributed by atoms with E-state index >= 15 is 0 Å². The minimum atomic E-state index is -0.664. The van der Waals surface area contributed by atoms with Gasteiger partial charge in [0.25, 0.3) is 0 Å². The first-order valence-corrected chi connectivity index (χ1v) is 9.66. The van der Waals surface area contributed by atoms with E-state index in [0.29, 0.717) is 0 Å². The maximum Gasteiger partial charge on any atom is 0.0734 e. The lowest BCUT2D eigenvalue weighted by Crippen LogP contribution is -2.57. The lowest BCUT2D eigenvalue weighted by Gasteiger charge is -2.52. The Morgan fingerprint density at radius 2 is 1.28 bits per heavy atom. The lowest BCUT2D eigenvalue weighted by molar-refractivity contribution is -0.117. The van der Waals surface area contributed by atoms with Crippen LogP contribution >= 0.6 is 0 Å². The van der Waals surface area contributed by atoms with Crippen molar-refractivity contribution in [2.45, 2.75) is 57.7 Å². The van der Waals surface area contributed by atoms with Crippen LogP contribution in [-0.4, -0.2) is 10.7 Å². The molecule has 0 bridgehead atoms. The highest BCUT2D eigenvalue weighted by molar-refractivity contribution is 5.27. The molecule has 1 fully saturated rings. The molecule has 5 atom stereocenters. The molecule has 3 rings (SSSR count). The van der Waals surface area contributed by atoms with Gasteiger partial charge in [-0.25, -0.2) is 0 Å². The Labute approximate surface area is 152 Å². The average molecular weight is 338 g/mol. The van der Waals surface area contributed by atoms with Gasteiger partial charge >= 0.3 is 0 Å². The Bertz CT molecular complexity index is 603. The zero-order valence-electron chi connectivity index (χ0n) is 15.7. The zero-order valence-corrected chi connectivity index (χ0v) is 15.7. The van der Waals surface area contributed by atoms with Gasteiger partial charge in [-0.2, -0.15) is 0 Å². The highest BCUT2D eigenvalue weighted by Crippen LogP contribution is 2.48. The Morgan fingerprint density at radius 1 is 0.840 bits per heavy atom. The molecule has 25 heavy (non-hydrogen) atoms. The molecular weight excluding hydrogens is 306 g/mol. The van der Waals surface area contributed by atoms with E-state index in [1.165, 1.54) is 11.1 Å². The van der Waals surface area contributed by atoms with Crippen molar-refractivity contribution in [2.75, 3.05) is 0 Å². The van der Waals surface area contributed by atoms with Crippen LogP contribution in [0, 0.1) is 11.8 Å². The fourth-order valence-corrected chi connectivity index (χ4v) is 4.48. The molecule has 1 unspecified atom stereocenters. The first-order valence-electron chi connectivity index (χ1n) is 9.66. The van der Waals surface area contributed by atoms with Crippen molar-refractivity contribution in [1.82, 2.24) is 5.32 Å². The maximum atomic E-state index is 11.8. The average Bonchev–Trinajstić information content (AvgIpc) is 2.66. The summed E-state index contributed by atoms with van der Waals surface area (Å²) in [5.74, 6) is 0.327. The largest absolute Gasteiger partial charge is 0.389 e. The molecule has 0 aromatic heterocycles. The minimum absolute atomic E-state index is 0.157. The van der Waals surface area contributed by atoms with Crippen molar-refractivity contribution >= 4 is 0 Å². The Hall–Kier alpha value is -1.64. The molecular formula is C23H31NO. The molecule has 2 heteroatoms. The van der Waals surface area contributed by atoms with Crippen LogP contribution in [-0.2, 0) is 0 Å². The van der Waals surface area contributed by atoms with Crippen molar-refractivity contribution in [3.05, 3.63) is 71.8 Å². The molecule has 1 saturated heterocycles. The third kappa shape index (κ3) is 3.51. The molecule has 0 amide bonds. The summed E-state index contributed by atoms with van der Waals surface area (Å²) in [5.41, 5.74) is 1.86. The molecule has 2 aromatic carbocycles. The second kappa shape index (κ2) is 7.72. The summed E-state index contributed by atoms with van der Waals surface area (Å²) < 4.78 is 0. The monoisotopic (exact) mass is 337 g/mol. The fourth-order valence-electron chi connectivity index (χ4n) is 4.48. The number of nitrogens with one attached hydrogen (secondary N) is 1. The summed E-state index contributed by atoms with van der Waals surface area (Å²) in [6.45, 7) is 6.61. The van der Waals surface area contributed by atoms with E-state index < -0.39 is 5.60 Å². The van der Waals surface area contributed by atoms with Gasteiger partial charge in [0, 0.05) is 23.9 Å². The van der Waals surface area contributed by atoms with Crippen molar-refractivity contribution in [2.24, 2.45) is 11.8 Å². The van der Waals surface area contributed by atoms with E-state index in [1.54, 1.807) is 0 Å². The molecule has 2 aromatic rings. The molecule has 1 aliphatic rings. The van der Waals surface area contributed by atoms with Crippen LogP contribution in [0.25, 0.3) is 0 Å². The summed E-state index contributed by atoms with van der Waals surface area (Å²) in [5, 5.41) is 15.6. The van der Waals surface area contributed by atoms with Gasteiger partial charge < -0.3 is 10.4 Å². The summed E-state index contributed by atoms with van der Waals surface area (Å²) >= 11 is 0. The number of rotatable bonds is 5. The van der Waals surface area contributed by atoms with E-state index in [2.05, 4.69) is 86.8 Å². The highest BCUT2D eigenvalue weighted by Gasteiger charge is 2.50. The second-order valence-electron chi connectivity index (χ2n) is 7.62. The molecule has 2 N–H and O–H groups in total. The number of piperidine rings is 1. The Balaban J connectivity index is 2.00. The van der Waals surface area contributed by atoms with Crippen LogP contribution < -0.4 is 5.32 Å². The zero-order chi connectivity index (χ0) is 17.9. The van der Waals surface area contributed by atoms with Gasteiger partial charge in [-0.1, -0.05) is 94.3 Å². The topological polar surface area (TPSA) is 32.3 Å². The number of hydrogen-bond acceptors (Lipinski definition) is 2. The summed E-state index contributed by atoms with van der Waals surface area (Å²) in [6, 6.07) is 21.5.